The van der Waals surface area contributed by atoms with Crippen LogP contribution < -0.4 is 9.73 Å². The van der Waals surface area contributed by atoms with Crippen molar-refractivity contribution in [1.82, 2.24) is 5.43 Å². The molecule has 0 aromatic heterocycles. The van der Waals surface area contributed by atoms with Gasteiger partial charge >= 0.3 is 0 Å². The van der Waals surface area contributed by atoms with Gasteiger partial charge in [0.1, 0.15) is 0 Å². The lowest BCUT2D eigenvalue weighted by atomic mass is 9.86. The predicted molar refractivity (Wildman–Crippen MR) is 133 cm³/mol. The fraction of sp³-hybridized carbons (Fsp3) is 0.231. The van der Waals surface area contributed by atoms with Gasteiger partial charge in [-0.25, -0.2) is 13.8 Å². The second-order valence-electron chi connectivity index (χ2n) is 8.80. The number of sulfonamides is 1. The molecule has 6 nitrogen and oxygen atoms in total. The van der Waals surface area contributed by atoms with Crippen LogP contribution in [0.25, 0.3) is 0 Å². The molecule has 0 spiro atoms. The Bertz CT molecular complexity index is 1240. The molecule has 0 unspecified atom stereocenters. The van der Waals surface area contributed by atoms with Crippen molar-refractivity contribution in [2.75, 3.05) is 11.4 Å². The number of rotatable bonds is 6. The lowest BCUT2D eigenvalue weighted by Gasteiger charge is -2.19. The lowest BCUT2D eigenvalue weighted by Crippen LogP contribution is -2.26. The first kappa shape index (κ1) is 24.2. The molecule has 0 radical (unpaired) electrons. The minimum atomic E-state index is -3.68. The molecule has 33 heavy (non-hydrogen) atoms. The van der Waals surface area contributed by atoms with Gasteiger partial charge in [-0.15, -0.1) is 0 Å². The molecule has 0 heterocycles. The Balaban J connectivity index is 1.69. The molecule has 7 heteroatoms. The predicted octanol–water partition coefficient (Wildman–Crippen LogP) is 4.96. The number of carbonyl (C=O) groups is 1. The molecule has 0 bridgehead atoms. The molecule has 172 valence electrons. The number of hydrazone groups is 1. The van der Waals surface area contributed by atoms with Crippen LogP contribution in [0.2, 0.25) is 0 Å². The fourth-order valence-electron chi connectivity index (χ4n) is 3.19. The summed E-state index contributed by atoms with van der Waals surface area (Å²) in [6.45, 7) is 8.30. The summed E-state index contributed by atoms with van der Waals surface area (Å²) in [7, 11) is -2.20. The summed E-state index contributed by atoms with van der Waals surface area (Å²) in [5.41, 5.74) is 6.30. The molecule has 0 saturated carbocycles. The van der Waals surface area contributed by atoms with Crippen molar-refractivity contribution >= 4 is 27.3 Å². The molecule has 3 aromatic carbocycles. The zero-order valence-electron chi connectivity index (χ0n) is 19.5. The quantitative estimate of drug-likeness (QED) is 0.414. The highest BCUT2D eigenvalue weighted by molar-refractivity contribution is 7.92. The Kier molecular flexibility index (Phi) is 7.03. The molecule has 1 amide bonds. The van der Waals surface area contributed by atoms with Crippen LogP contribution in [0.3, 0.4) is 0 Å². The van der Waals surface area contributed by atoms with Gasteiger partial charge in [0.15, 0.2) is 0 Å². The van der Waals surface area contributed by atoms with E-state index in [2.05, 4.69) is 43.4 Å². The van der Waals surface area contributed by atoms with E-state index in [9.17, 15) is 13.2 Å². The number of nitrogens with zero attached hydrogens (tertiary/aromatic N) is 2. The number of hydrogen-bond acceptors (Lipinski definition) is 4. The van der Waals surface area contributed by atoms with E-state index in [0.29, 0.717) is 17.0 Å². The topological polar surface area (TPSA) is 78.8 Å². The second kappa shape index (κ2) is 9.58. The van der Waals surface area contributed by atoms with E-state index in [4.69, 9.17) is 0 Å². The molecule has 3 aromatic rings. The molecule has 1 N–H and O–H groups in total. The Morgan fingerprint density at radius 2 is 1.39 bits per heavy atom. The van der Waals surface area contributed by atoms with Gasteiger partial charge in [-0.3, -0.25) is 9.10 Å². The maximum Gasteiger partial charge on any atom is 0.271 e. The highest BCUT2D eigenvalue weighted by Gasteiger charge is 2.21. The van der Waals surface area contributed by atoms with E-state index in [1.54, 1.807) is 54.6 Å². The van der Waals surface area contributed by atoms with Crippen LogP contribution in [-0.4, -0.2) is 27.1 Å². The van der Waals surface area contributed by atoms with Crippen molar-refractivity contribution in [2.24, 2.45) is 5.10 Å². The summed E-state index contributed by atoms with van der Waals surface area (Å²) in [5, 5.41) is 4.21. The molecule has 0 aliphatic carbocycles. The first-order chi connectivity index (χ1) is 15.5. The highest BCUT2D eigenvalue weighted by atomic mass is 32.2. The van der Waals surface area contributed by atoms with Crippen molar-refractivity contribution in [3.63, 3.8) is 0 Å². The summed E-state index contributed by atoms with van der Waals surface area (Å²) in [5.74, 6) is -0.374. The minimum absolute atomic E-state index is 0.0679. The van der Waals surface area contributed by atoms with Gasteiger partial charge in [0.2, 0.25) is 0 Å². The highest BCUT2D eigenvalue weighted by Crippen LogP contribution is 2.23. The Labute approximate surface area is 196 Å². The van der Waals surface area contributed by atoms with Crippen LogP contribution in [0.1, 0.15) is 49.2 Å². The van der Waals surface area contributed by atoms with E-state index in [1.165, 1.54) is 16.9 Å². The van der Waals surface area contributed by atoms with Crippen molar-refractivity contribution in [3.05, 3.63) is 95.6 Å². The summed E-state index contributed by atoms with van der Waals surface area (Å²) >= 11 is 0. The molecule has 0 fully saturated rings. The van der Waals surface area contributed by atoms with Crippen molar-refractivity contribution in [1.29, 1.82) is 0 Å². The van der Waals surface area contributed by atoms with Gasteiger partial charge in [0.05, 0.1) is 16.3 Å². The van der Waals surface area contributed by atoms with Gasteiger partial charge in [0, 0.05) is 12.6 Å². The third-order valence-electron chi connectivity index (χ3n) is 5.39. The van der Waals surface area contributed by atoms with Crippen LogP contribution in [0.5, 0.6) is 0 Å². The van der Waals surface area contributed by atoms with Gasteiger partial charge in [0.25, 0.3) is 15.9 Å². The van der Waals surface area contributed by atoms with Crippen molar-refractivity contribution in [3.8, 4) is 0 Å². The SMILES string of the molecule is C/C(=N\NC(=O)c1ccc(N(C)S(=O)(=O)c2ccccc2)cc1)c1ccc(C(C)(C)C)cc1. The lowest BCUT2D eigenvalue weighted by molar-refractivity contribution is 0.0955. The standard InChI is InChI=1S/C26H29N3O3S/c1-19(20-11-15-22(16-12-20)26(2,3)4)27-28-25(30)21-13-17-23(18-14-21)29(5)33(31,32)24-9-7-6-8-10-24/h6-18H,1-5H3,(H,28,30)/b27-19+. The molecular formula is C26H29N3O3S. The third-order valence-corrected chi connectivity index (χ3v) is 7.19. The Morgan fingerprint density at radius 1 is 0.848 bits per heavy atom. The number of nitrogens with one attached hydrogen (secondary N) is 1. The number of carbonyl (C=O) groups excluding carboxylic acids is 1. The first-order valence-electron chi connectivity index (χ1n) is 10.6. The Morgan fingerprint density at radius 3 is 1.94 bits per heavy atom. The number of anilines is 1. The van der Waals surface area contributed by atoms with Gasteiger partial charge in [-0.2, -0.15) is 5.10 Å². The smallest absolute Gasteiger partial charge is 0.269 e. The number of benzene rings is 3. The van der Waals surface area contributed by atoms with E-state index in [1.807, 2.05) is 19.1 Å². The third kappa shape index (κ3) is 5.68. The van der Waals surface area contributed by atoms with Crippen molar-refractivity contribution < 1.29 is 13.2 Å². The van der Waals surface area contributed by atoms with Gasteiger partial charge in [-0.05, 0) is 59.9 Å². The zero-order valence-corrected chi connectivity index (χ0v) is 20.3. The monoisotopic (exact) mass is 463 g/mol. The first-order valence-corrected chi connectivity index (χ1v) is 12.0. The van der Waals surface area contributed by atoms with Crippen LogP contribution in [-0.2, 0) is 15.4 Å². The summed E-state index contributed by atoms with van der Waals surface area (Å²) in [4.78, 5) is 12.7. The molecule has 3 rings (SSSR count). The molecule has 0 aliphatic heterocycles. The van der Waals surface area contributed by atoms with E-state index >= 15 is 0 Å². The summed E-state index contributed by atoms with van der Waals surface area (Å²) in [6.07, 6.45) is 0. The van der Waals surface area contributed by atoms with Crippen LogP contribution in [0.4, 0.5) is 5.69 Å². The largest absolute Gasteiger partial charge is 0.271 e. The Hall–Kier alpha value is -3.45. The molecule has 0 atom stereocenters. The van der Waals surface area contributed by atoms with Gasteiger partial charge in [-0.1, -0.05) is 63.2 Å². The van der Waals surface area contributed by atoms with Crippen LogP contribution in [0.15, 0.2) is 88.9 Å². The zero-order chi connectivity index (χ0) is 24.2. The number of hydrogen-bond donors (Lipinski definition) is 1. The average Bonchev–Trinajstić information content (AvgIpc) is 2.82. The average molecular weight is 464 g/mol. The van der Waals surface area contributed by atoms with E-state index in [0.717, 1.165) is 5.56 Å². The maximum absolute atomic E-state index is 12.8. The maximum atomic E-state index is 12.8. The van der Waals surface area contributed by atoms with E-state index < -0.39 is 10.0 Å². The summed E-state index contributed by atoms with van der Waals surface area (Å²) < 4.78 is 26.7. The molecule has 0 saturated heterocycles. The normalized spacial score (nSPS) is 12.3. The fourth-order valence-corrected chi connectivity index (χ4v) is 4.40. The second-order valence-corrected chi connectivity index (χ2v) is 10.8. The number of amides is 1. The minimum Gasteiger partial charge on any atom is -0.269 e. The molecular weight excluding hydrogens is 434 g/mol. The summed E-state index contributed by atoms with van der Waals surface area (Å²) in [6, 6.07) is 22.7. The van der Waals surface area contributed by atoms with E-state index in [-0.39, 0.29) is 16.2 Å². The van der Waals surface area contributed by atoms with Crippen molar-refractivity contribution in [2.45, 2.75) is 38.0 Å². The molecule has 0 aliphatic rings. The van der Waals surface area contributed by atoms with Crippen LogP contribution >= 0.6 is 0 Å². The van der Waals surface area contributed by atoms with Gasteiger partial charge < -0.3 is 0 Å². The van der Waals surface area contributed by atoms with Crippen LogP contribution in [0, 0.1) is 0 Å².